The molecule has 0 fully saturated rings. The predicted octanol–water partition coefficient (Wildman–Crippen LogP) is 4.14. The molecule has 1 heterocycles. The molecule has 3 rings (SSSR count). The molecule has 0 saturated carbocycles. The monoisotopic (exact) mass is 430 g/mol. The van der Waals surface area contributed by atoms with Crippen LogP contribution in [-0.4, -0.2) is 31.2 Å². The maximum absolute atomic E-state index is 11.7. The Morgan fingerprint density at radius 2 is 1.86 bits per heavy atom. The van der Waals surface area contributed by atoms with Gasteiger partial charge in [-0.15, -0.1) is 0 Å². The molecule has 0 aliphatic heterocycles. The van der Waals surface area contributed by atoms with Crippen LogP contribution in [0.5, 0.6) is 0 Å². The lowest BCUT2D eigenvalue weighted by Gasteiger charge is -2.11. The Morgan fingerprint density at radius 3 is 2.62 bits per heavy atom. The van der Waals surface area contributed by atoms with E-state index in [9.17, 15) is 8.42 Å². The van der Waals surface area contributed by atoms with E-state index in [1.165, 1.54) is 6.26 Å². The van der Waals surface area contributed by atoms with E-state index in [0.717, 1.165) is 29.5 Å². The first-order valence-corrected chi connectivity index (χ1v) is 11.4. The van der Waals surface area contributed by atoms with Crippen molar-refractivity contribution in [1.82, 2.24) is 9.97 Å². The summed E-state index contributed by atoms with van der Waals surface area (Å²) >= 11 is 6.22. The molecule has 3 aromatic rings. The predicted molar refractivity (Wildman–Crippen MR) is 118 cm³/mol. The van der Waals surface area contributed by atoms with Gasteiger partial charge in [0.2, 0.25) is 5.95 Å². The lowest BCUT2D eigenvalue weighted by molar-refractivity contribution is 0.601. The Labute approximate surface area is 176 Å². The quantitative estimate of drug-likeness (QED) is 0.547. The largest absolute Gasteiger partial charge is 0.370 e. The highest BCUT2D eigenvalue weighted by Gasteiger charge is 2.10. The Balaban J connectivity index is 1.66. The van der Waals surface area contributed by atoms with Crippen LogP contribution in [0.3, 0.4) is 0 Å². The third kappa shape index (κ3) is 5.46. The summed E-state index contributed by atoms with van der Waals surface area (Å²) in [6, 6.07) is 14.5. The second-order valence-electron chi connectivity index (χ2n) is 6.86. The first-order chi connectivity index (χ1) is 13.7. The number of nitrogens with one attached hydrogen (secondary N) is 1. The first kappa shape index (κ1) is 21.1. The van der Waals surface area contributed by atoms with Gasteiger partial charge in [-0.3, -0.25) is 0 Å². The molecular weight excluding hydrogens is 408 g/mol. The third-order valence-electron chi connectivity index (χ3n) is 4.56. The number of hydrogen-bond acceptors (Lipinski definition) is 6. The standard InChI is InChI=1S/C21H23ClN4O2S/c1-14-17(9-4-10-18(14)22)19-13-20(26-21(23)25-19)24-11-5-7-15-6-3-8-16(12-15)29(2,27)28/h3-4,6,8-10,12-13H,5,7,11H2,1-2H3,(H3,23,24,25,26). The van der Waals surface area contributed by atoms with Crippen molar-refractivity contribution in [1.29, 1.82) is 0 Å². The third-order valence-corrected chi connectivity index (χ3v) is 6.08. The number of anilines is 2. The molecule has 0 aliphatic carbocycles. The summed E-state index contributed by atoms with van der Waals surface area (Å²) in [6.07, 6.45) is 2.77. The zero-order valence-electron chi connectivity index (χ0n) is 16.3. The van der Waals surface area contributed by atoms with E-state index in [4.69, 9.17) is 17.3 Å². The molecule has 3 N–H and O–H groups in total. The van der Waals surface area contributed by atoms with Gasteiger partial charge < -0.3 is 11.1 Å². The Morgan fingerprint density at radius 1 is 1.10 bits per heavy atom. The Bertz CT molecular complexity index is 1130. The number of rotatable bonds is 7. The van der Waals surface area contributed by atoms with Crippen LogP contribution in [-0.2, 0) is 16.3 Å². The maximum atomic E-state index is 11.7. The molecule has 2 aromatic carbocycles. The van der Waals surface area contributed by atoms with Crippen molar-refractivity contribution in [3.05, 3.63) is 64.7 Å². The van der Waals surface area contributed by atoms with Crippen LogP contribution in [0.1, 0.15) is 17.5 Å². The number of sulfone groups is 1. The molecule has 0 spiro atoms. The van der Waals surface area contributed by atoms with Gasteiger partial charge in [0.1, 0.15) is 5.82 Å². The number of hydrogen-bond donors (Lipinski definition) is 2. The zero-order chi connectivity index (χ0) is 21.0. The molecule has 0 saturated heterocycles. The minimum absolute atomic E-state index is 0.185. The normalized spacial score (nSPS) is 11.4. The topological polar surface area (TPSA) is 98.0 Å². The second-order valence-corrected chi connectivity index (χ2v) is 9.28. The maximum Gasteiger partial charge on any atom is 0.222 e. The van der Waals surface area contributed by atoms with Crippen LogP contribution in [0.15, 0.2) is 53.4 Å². The minimum atomic E-state index is -3.20. The van der Waals surface area contributed by atoms with Crippen molar-refractivity contribution in [2.45, 2.75) is 24.7 Å². The van der Waals surface area contributed by atoms with Crippen molar-refractivity contribution in [3.8, 4) is 11.3 Å². The van der Waals surface area contributed by atoms with E-state index in [0.29, 0.717) is 28.0 Å². The summed E-state index contributed by atoms with van der Waals surface area (Å²) in [4.78, 5) is 8.91. The molecular formula is C21H23ClN4O2S. The molecule has 8 heteroatoms. The van der Waals surface area contributed by atoms with Crippen molar-refractivity contribution < 1.29 is 8.42 Å². The van der Waals surface area contributed by atoms with Gasteiger partial charge in [-0.2, -0.15) is 4.98 Å². The minimum Gasteiger partial charge on any atom is -0.370 e. The second kappa shape index (κ2) is 8.80. The van der Waals surface area contributed by atoms with Crippen molar-refractivity contribution in [2.24, 2.45) is 0 Å². The summed E-state index contributed by atoms with van der Waals surface area (Å²) in [6.45, 7) is 2.60. The summed E-state index contributed by atoms with van der Waals surface area (Å²) in [7, 11) is -3.20. The highest BCUT2D eigenvalue weighted by atomic mass is 35.5. The van der Waals surface area contributed by atoms with Gasteiger partial charge in [0.15, 0.2) is 9.84 Å². The van der Waals surface area contributed by atoms with Crippen molar-refractivity contribution in [2.75, 3.05) is 23.9 Å². The van der Waals surface area contributed by atoms with Gasteiger partial charge in [-0.05, 0) is 49.1 Å². The van der Waals surface area contributed by atoms with Gasteiger partial charge in [0.25, 0.3) is 0 Å². The highest BCUT2D eigenvalue weighted by molar-refractivity contribution is 7.90. The molecule has 29 heavy (non-hydrogen) atoms. The number of halogens is 1. The molecule has 0 amide bonds. The fourth-order valence-corrected chi connectivity index (χ4v) is 3.89. The Kier molecular flexibility index (Phi) is 6.39. The lowest BCUT2D eigenvalue weighted by atomic mass is 10.1. The smallest absolute Gasteiger partial charge is 0.222 e. The first-order valence-electron chi connectivity index (χ1n) is 9.17. The summed E-state index contributed by atoms with van der Waals surface area (Å²) < 4.78 is 23.4. The van der Waals surface area contributed by atoms with Gasteiger partial charge in [0.05, 0.1) is 10.6 Å². The van der Waals surface area contributed by atoms with Crippen LogP contribution in [0.4, 0.5) is 11.8 Å². The van der Waals surface area contributed by atoms with E-state index in [1.807, 2.05) is 37.3 Å². The Hall–Kier alpha value is -2.64. The molecule has 0 bridgehead atoms. The number of aryl methyl sites for hydroxylation is 1. The van der Waals surface area contributed by atoms with Crippen LogP contribution in [0.2, 0.25) is 5.02 Å². The van der Waals surface area contributed by atoms with Gasteiger partial charge in [0, 0.05) is 29.5 Å². The van der Waals surface area contributed by atoms with Crippen molar-refractivity contribution >= 4 is 33.2 Å². The van der Waals surface area contributed by atoms with Crippen LogP contribution >= 0.6 is 11.6 Å². The van der Waals surface area contributed by atoms with E-state index in [2.05, 4.69) is 15.3 Å². The molecule has 152 valence electrons. The van der Waals surface area contributed by atoms with Crippen molar-refractivity contribution in [3.63, 3.8) is 0 Å². The zero-order valence-corrected chi connectivity index (χ0v) is 17.9. The number of nitrogens with two attached hydrogens (primary N) is 1. The van der Waals surface area contributed by atoms with Gasteiger partial charge in [-0.25, -0.2) is 13.4 Å². The van der Waals surface area contributed by atoms with E-state index < -0.39 is 9.84 Å². The number of aromatic nitrogens is 2. The van der Waals surface area contributed by atoms with Gasteiger partial charge in [-0.1, -0.05) is 35.9 Å². The molecule has 1 aromatic heterocycles. The average molecular weight is 431 g/mol. The molecule has 0 radical (unpaired) electrons. The van der Waals surface area contributed by atoms with Crippen LogP contribution in [0, 0.1) is 6.92 Å². The van der Waals surface area contributed by atoms with Gasteiger partial charge >= 0.3 is 0 Å². The highest BCUT2D eigenvalue weighted by Crippen LogP contribution is 2.28. The summed E-state index contributed by atoms with van der Waals surface area (Å²) in [5.74, 6) is 0.821. The molecule has 6 nitrogen and oxygen atoms in total. The number of nitrogens with zero attached hydrogens (tertiary/aromatic N) is 2. The van der Waals surface area contributed by atoms with E-state index in [1.54, 1.807) is 18.2 Å². The lowest BCUT2D eigenvalue weighted by Crippen LogP contribution is -2.08. The summed E-state index contributed by atoms with van der Waals surface area (Å²) in [5, 5.41) is 3.93. The fourth-order valence-electron chi connectivity index (χ4n) is 3.02. The van der Waals surface area contributed by atoms with E-state index in [-0.39, 0.29) is 5.95 Å². The molecule has 0 aliphatic rings. The summed E-state index contributed by atoms with van der Waals surface area (Å²) in [5.41, 5.74) is 9.42. The number of benzene rings is 2. The SMILES string of the molecule is Cc1c(Cl)cccc1-c1cc(NCCCc2cccc(S(C)(=O)=O)c2)nc(N)n1. The average Bonchev–Trinajstić information content (AvgIpc) is 2.66. The fraction of sp³-hybridized carbons (Fsp3) is 0.238. The molecule has 0 unspecified atom stereocenters. The van der Waals surface area contributed by atoms with Crippen LogP contribution < -0.4 is 11.1 Å². The van der Waals surface area contributed by atoms with E-state index >= 15 is 0 Å². The molecule has 0 atom stereocenters. The number of nitrogen functional groups attached to an aromatic ring is 1. The van der Waals surface area contributed by atoms with Crippen LogP contribution in [0.25, 0.3) is 11.3 Å².